The fourth-order valence-corrected chi connectivity index (χ4v) is 2.07. The average Bonchev–Trinajstić information content (AvgIpc) is 2.39. The van der Waals surface area contributed by atoms with Crippen molar-refractivity contribution in [2.24, 2.45) is 0 Å². The van der Waals surface area contributed by atoms with E-state index in [9.17, 15) is 4.79 Å². The second-order valence-electron chi connectivity index (χ2n) is 4.18. The molecule has 1 aliphatic heterocycles. The summed E-state index contributed by atoms with van der Waals surface area (Å²) in [5, 5.41) is 8.83. The number of anilines is 1. The van der Waals surface area contributed by atoms with Crippen molar-refractivity contribution < 1.29 is 19.4 Å². The molecule has 0 amide bonds. The monoisotopic (exact) mass is 251 g/mol. The molecule has 5 nitrogen and oxygen atoms in total. The van der Waals surface area contributed by atoms with Crippen molar-refractivity contribution in [2.75, 3.05) is 38.3 Å². The van der Waals surface area contributed by atoms with Gasteiger partial charge in [-0.1, -0.05) is 6.07 Å². The highest BCUT2D eigenvalue weighted by Gasteiger charge is 2.16. The van der Waals surface area contributed by atoms with E-state index >= 15 is 0 Å². The normalized spacial score (nSPS) is 15.5. The molecule has 1 aliphatic rings. The molecule has 98 valence electrons. The summed E-state index contributed by atoms with van der Waals surface area (Å²) < 4.78 is 10.6. The molecule has 0 radical (unpaired) electrons. The van der Waals surface area contributed by atoms with Crippen LogP contribution in [-0.2, 0) is 16.0 Å². The smallest absolute Gasteiger partial charge is 0.307 e. The summed E-state index contributed by atoms with van der Waals surface area (Å²) in [6.07, 6.45) is 0.0291. The van der Waals surface area contributed by atoms with Gasteiger partial charge < -0.3 is 19.5 Å². The molecule has 0 bridgehead atoms. The van der Waals surface area contributed by atoms with E-state index in [0.717, 1.165) is 30.1 Å². The summed E-state index contributed by atoms with van der Waals surface area (Å²) in [6, 6.07) is 5.50. The number of carboxylic acid groups (broad SMARTS) is 1. The van der Waals surface area contributed by atoms with E-state index in [4.69, 9.17) is 14.6 Å². The van der Waals surface area contributed by atoms with E-state index in [1.165, 1.54) is 0 Å². The van der Waals surface area contributed by atoms with E-state index in [0.29, 0.717) is 13.2 Å². The Labute approximate surface area is 106 Å². The van der Waals surface area contributed by atoms with Gasteiger partial charge in [0, 0.05) is 13.1 Å². The molecular weight excluding hydrogens is 234 g/mol. The van der Waals surface area contributed by atoms with Gasteiger partial charge in [-0.15, -0.1) is 0 Å². The van der Waals surface area contributed by atoms with Crippen molar-refractivity contribution >= 4 is 11.7 Å². The molecular formula is C13H17NO4. The van der Waals surface area contributed by atoms with Crippen molar-refractivity contribution in [2.45, 2.75) is 6.42 Å². The highest BCUT2D eigenvalue weighted by molar-refractivity contribution is 5.72. The highest BCUT2D eigenvalue weighted by Crippen LogP contribution is 2.30. The Bertz CT molecular complexity index is 427. The fraction of sp³-hybridized carbons (Fsp3) is 0.462. The van der Waals surface area contributed by atoms with Gasteiger partial charge in [0.25, 0.3) is 0 Å². The molecule has 0 saturated carbocycles. The van der Waals surface area contributed by atoms with Crippen molar-refractivity contribution in [3.8, 4) is 5.75 Å². The van der Waals surface area contributed by atoms with E-state index in [2.05, 4.69) is 4.90 Å². The van der Waals surface area contributed by atoms with Crippen molar-refractivity contribution in [3.63, 3.8) is 0 Å². The summed E-state index contributed by atoms with van der Waals surface area (Å²) in [4.78, 5) is 12.9. The van der Waals surface area contributed by atoms with Gasteiger partial charge in [-0.2, -0.15) is 0 Å². The Morgan fingerprint density at radius 2 is 2.17 bits per heavy atom. The lowest BCUT2D eigenvalue weighted by atomic mass is 10.1. The third-order valence-electron chi connectivity index (χ3n) is 2.95. The maximum absolute atomic E-state index is 10.7. The molecule has 1 fully saturated rings. The number of nitrogens with zero attached hydrogens (tertiary/aromatic N) is 1. The van der Waals surface area contributed by atoms with Crippen LogP contribution in [0.4, 0.5) is 5.69 Å². The van der Waals surface area contributed by atoms with E-state index < -0.39 is 5.97 Å². The van der Waals surface area contributed by atoms with Gasteiger partial charge in [-0.05, 0) is 17.7 Å². The van der Waals surface area contributed by atoms with Gasteiger partial charge in [0.1, 0.15) is 5.75 Å². The number of rotatable bonds is 4. The summed E-state index contributed by atoms with van der Waals surface area (Å²) in [7, 11) is 1.62. The van der Waals surface area contributed by atoms with Gasteiger partial charge in [-0.3, -0.25) is 4.79 Å². The lowest BCUT2D eigenvalue weighted by molar-refractivity contribution is -0.136. The maximum Gasteiger partial charge on any atom is 0.307 e. The van der Waals surface area contributed by atoms with Crippen LogP contribution in [0.3, 0.4) is 0 Å². The molecule has 1 N–H and O–H groups in total. The first kappa shape index (κ1) is 12.7. The maximum atomic E-state index is 10.7. The first-order valence-corrected chi connectivity index (χ1v) is 5.92. The lowest BCUT2D eigenvalue weighted by Gasteiger charge is -2.30. The van der Waals surface area contributed by atoms with Gasteiger partial charge >= 0.3 is 5.97 Å². The van der Waals surface area contributed by atoms with Crippen LogP contribution in [0.25, 0.3) is 0 Å². The summed E-state index contributed by atoms with van der Waals surface area (Å²) in [6.45, 7) is 2.97. The second-order valence-corrected chi connectivity index (χ2v) is 4.18. The SMILES string of the molecule is COc1ccc(CC(=O)O)cc1N1CCOCC1. The van der Waals surface area contributed by atoms with Crippen LogP contribution in [0, 0.1) is 0 Å². The van der Waals surface area contributed by atoms with Crippen molar-refractivity contribution in [3.05, 3.63) is 23.8 Å². The van der Waals surface area contributed by atoms with Gasteiger partial charge in [0.15, 0.2) is 0 Å². The molecule has 1 heterocycles. The molecule has 0 spiro atoms. The Balaban J connectivity index is 2.26. The van der Waals surface area contributed by atoms with E-state index in [1.807, 2.05) is 12.1 Å². The third kappa shape index (κ3) is 2.92. The zero-order valence-corrected chi connectivity index (χ0v) is 10.4. The topological polar surface area (TPSA) is 59.0 Å². The zero-order chi connectivity index (χ0) is 13.0. The van der Waals surface area contributed by atoms with Crippen LogP contribution >= 0.6 is 0 Å². The summed E-state index contributed by atoms with van der Waals surface area (Å²) in [5.74, 6) is -0.0564. The number of carboxylic acids is 1. The number of hydrogen-bond acceptors (Lipinski definition) is 4. The van der Waals surface area contributed by atoms with Crippen molar-refractivity contribution in [1.29, 1.82) is 0 Å². The molecule has 2 rings (SSSR count). The van der Waals surface area contributed by atoms with Crippen molar-refractivity contribution in [1.82, 2.24) is 0 Å². The molecule has 18 heavy (non-hydrogen) atoms. The molecule has 1 aromatic carbocycles. The third-order valence-corrected chi connectivity index (χ3v) is 2.95. The number of morpholine rings is 1. The van der Waals surface area contributed by atoms with Gasteiger partial charge in [-0.25, -0.2) is 0 Å². The molecule has 0 atom stereocenters. The predicted molar refractivity (Wildman–Crippen MR) is 67.4 cm³/mol. The van der Waals surface area contributed by atoms with Crippen LogP contribution in [-0.4, -0.2) is 44.5 Å². The molecule has 5 heteroatoms. The molecule has 0 aliphatic carbocycles. The predicted octanol–water partition coefficient (Wildman–Crippen LogP) is 1.16. The van der Waals surface area contributed by atoms with Gasteiger partial charge in [0.05, 0.1) is 32.4 Å². The Morgan fingerprint density at radius 1 is 1.44 bits per heavy atom. The number of carbonyl (C=O) groups is 1. The van der Waals surface area contributed by atoms with Crippen LogP contribution in [0.15, 0.2) is 18.2 Å². The first-order valence-electron chi connectivity index (χ1n) is 5.92. The first-order chi connectivity index (χ1) is 8.70. The molecule has 1 saturated heterocycles. The van der Waals surface area contributed by atoms with E-state index in [-0.39, 0.29) is 6.42 Å². The minimum absolute atomic E-state index is 0.0291. The highest BCUT2D eigenvalue weighted by atomic mass is 16.5. The van der Waals surface area contributed by atoms with E-state index in [1.54, 1.807) is 13.2 Å². The minimum Gasteiger partial charge on any atom is -0.495 e. The van der Waals surface area contributed by atoms with Crippen LogP contribution < -0.4 is 9.64 Å². The Hall–Kier alpha value is -1.75. The number of methoxy groups -OCH3 is 1. The average molecular weight is 251 g/mol. The largest absolute Gasteiger partial charge is 0.495 e. The quantitative estimate of drug-likeness (QED) is 0.870. The number of hydrogen-bond donors (Lipinski definition) is 1. The van der Waals surface area contributed by atoms with Crippen LogP contribution in [0.1, 0.15) is 5.56 Å². The number of ether oxygens (including phenoxy) is 2. The van der Waals surface area contributed by atoms with Crippen LogP contribution in [0.2, 0.25) is 0 Å². The van der Waals surface area contributed by atoms with Crippen LogP contribution in [0.5, 0.6) is 5.75 Å². The number of aliphatic carboxylic acids is 1. The summed E-state index contributed by atoms with van der Waals surface area (Å²) >= 11 is 0. The minimum atomic E-state index is -0.826. The summed E-state index contributed by atoms with van der Waals surface area (Å²) in [5.41, 5.74) is 1.73. The zero-order valence-electron chi connectivity index (χ0n) is 10.4. The fourth-order valence-electron chi connectivity index (χ4n) is 2.07. The molecule has 0 unspecified atom stereocenters. The number of benzene rings is 1. The Kier molecular flexibility index (Phi) is 4.04. The van der Waals surface area contributed by atoms with Gasteiger partial charge in [0.2, 0.25) is 0 Å². The standard InChI is InChI=1S/C13H17NO4/c1-17-12-3-2-10(9-13(15)16)8-11(12)14-4-6-18-7-5-14/h2-3,8H,4-7,9H2,1H3,(H,15,16). The molecule has 0 aromatic heterocycles. The Morgan fingerprint density at radius 3 is 2.78 bits per heavy atom. The second kappa shape index (κ2) is 5.73. The molecule has 1 aromatic rings. The lowest BCUT2D eigenvalue weighted by Crippen LogP contribution is -2.36.